The molecular formula is C19H16N2O3. The molecule has 120 valence electrons. The number of hydrogen-bond donors (Lipinski definition) is 1. The fourth-order valence-electron chi connectivity index (χ4n) is 1.93. The molecule has 0 bridgehead atoms. The zero-order chi connectivity index (χ0) is 17.4. The summed E-state index contributed by atoms with van der Waals surface area (Å²) in [5.74, 6) is 0.314. The molecular weight excluding hydrogens is 304 g/mol. The number of hydrogen-bond acceptors (Lipinski definition) is 4. The molecule has 0 saturated heterocycles. The number of nitrogens with one attached hydrogen (secondary N) is 1. The largest absolute Gasteiger partial charge is 0.479 e. The highest BCUT2D eigenvalue weighted by Crippen LogP contribution is 2.14. The summed E-state index contributed by atoms with van der Waals surface area (Å²) in [5.41, 5.74) is 2.05. The van der Waals surface area contributed by atoms with Crippen molar-refractivity contribution in [2.45, 2.75) is 6.92 Å². The number of amides is 1. The van der Waals surface area contributed by atoms with Gasteiger partial charge in [-0.15, -0.1) is 0 Å². The lowest BCUT2D eigenvalue weighted by Crippen LogP contribution is -2.07. The van der Waals surface area contributed by atoms with Gasteiger partial charge in [0.05, 0.1) is 0 Å². The first-order chi connectivity index (χ1) is 11.6. The number of carbonyl (C=O) groups is 2. The second-order valence-corrected chi connectivity index (χ2v) is 4.97. The van der Waals surface area contributed by atoms with E-state index < -0.39 is 0 Å². The molecule has 5 heteroatoms. The van der Waals surface area contributed by atoms with Gasteiger partial charge in [-0.05, 0) is 55.0 Å². The van der Waals surface area contributed by atoms with Gasteiger partial charge in [-0.2, -0.15) is 5.26 Å². The number of ketones is 1. The maximum absolute atomic E-state index is 11.9. The number of carbonyl (C=O) groups excluding carboxylic acids is 2. The van der Waals surface area contributed by atoms with Crippen molar-refractivity contribution in [1.82, 2.24) is 0 Å². The van der Waals surface area contributed by atoms with Gasteiger partial charge in [0.15, 0.2) is 12.4 Å². The van der Waals surface area contributed by atoms with Crippen molar-refractivity contribution in [1.29, 1.82) is 5.26 Å². The monoisotopic (exact) mass is 320 g/mol. The Hall–Kier alpha value is -3.39. The predicted molar refractivity (Wildman–Crippen MR) is 91.7 cm³/mol. The molecule has 0 atom stereocenters. The summed E-state index contributed by atoms with van der Waals surface area (Å²) in [6.07, 6.45) is 3.09. The smallest absolute Gasteiger partial charge is 0.248 e. The van der Waals surface area contributed by atoms with E-state index in [-0.39, 0.29) is 18.3 Å². The van der Waals surface area contributed by atoms with Crippen molar-refractivity contribution in [3.05, 3.63) is 65.7 Å². The Morgan fingerprint density at radius 2 is 1.79 bits per heavy atom. The topological polar surface area (TPSA) is 79.2 Å². The van der Waals surface area contributed by atoms with Crippen LogP contribution in [0.1, 0.15) is 22.8 Å². The number of anilines is 1. The summed E-state index contributed by atoms with van der Waals surface area (Å²) in [4.78, 5) is 23.1. The minimum Gasteiger partial charge on any atom is -0.479 e. The number of nitriles is 1. The summed E-state index contributed by atoms with van der Waals surface area (Å²) in [6.45, 7) is 1.49. The summed E-state index contributed by atoms with van der Waals surface area (Å²) in [5, 5.41) is 11.2. The van der Waals surface area contributed by atoms with Crippen LogP contribution in [0.25, 0.3) is 6.08 Å². The third kappa shape index (κ3) is 5.11. The molecule has 0 saturated carbocycles. The fourth-order valence-corrected chi connectivity index (χ4v) is 1.93. The van der Waals surface area contributed by atoms with E-state index in [1.165, 1.54) is 13.0 Å². The number of ether oxygens (including phenoxy) is 1. The standard InChI is InChI=1S/C19H16N2O3/c1-14(22)16-5-7-17(8-6-16)21-19(23)11-4-15-2-9-18(10-3-15)24-13-12-20/h2-11H,13H2,1H3,(H,21,23)/b11-4+. The van der Waals surface area contributed by atoms with Crippen LogP contribution in [0.2, 0.25) is 0 Å². The van der Waals surface area contributed by atoms with E-state index in [4.69, 9.17) is 10.00 Å². The molecule has 1 N–H and O–H groups in total. The molecule has 0 aromatic heterocycles. The zero-order valence-corrected chi connectivity index (χ0v) is 13.2. The van der Waals surface area contributed by atoms with Crippen LogP contribution in [0.5, 0.6) is 5.75 Å². The number of Topliss-reactive ketones (excluding diaryl/α,β-unsaturated/α-hetero) is 1. The van der Waals surface area contributed by atoms with E-state index in [0.29, 0.717) is 17.0 Å². The van der Waals surface area contributed by atoms with Crippen LogP contribution >= 0.6 is 0 Å². The Kier molecular flexibility index (Phi) is 5.87. The maximum Gasteiger partial charge on any atom is 0.248 e. The van der Waals surface area contributed by atoms with Gasteiger partial charge in [0.2, 0.25) is 5.91 Å². The van der Waals surface area contributed by atoms with E-state index in [1.807, 2.05) is 6.07 Å². The predicted octanol–water partition coefficient (Wildman–Crippen LogP) is 3.44. The third-order valence-corrected chi connectivity index (χ3v) is 3.17. The molecule has 0 aliphatic carbocycles. The molecule has 0 spiro atoms. The van der Waals surface area contributed by atoms with Gasteiger partial charge in [0.1, 0.15) is 11.8 Å². The van der Waals surface area contributed by atoms with Gasteiger partial charge >= 0.3 is 0 Å². The molecule has 24 heavy (non-hydrogen) atoms. The lowest BCUT2D eigenvalue weighted by atomic mass is 10.1. The fraction of sp³-hybridized carbons (Fsp3) is 0.105. The SMILES string of the molecule is CC(=O)c1ccc(NC(=O)/C=C/c2ccc(OCC#N)cc2)cc1. The van der Waals surface area contributed by atoms with Crippen molar-refractivity contribution in [3.8, 4) is 11.8 Å². The van der Waals surface area contributed by atoms with Crippen molar-refractivity contribution in [2.24, 2.45) is 0 Å². The van der Waals surface area contributed by atoms with Crippen molar-refractivity contribution >= 4 is 23.5 Å². The summed E-state index contributed by atoms with van der Waals surface area (Å²) < 4.78 is 5.15. The van der Waals surface area contributed by atoms with Crippen molar-refractivity contribution < 1.29 is 14.3 Å². The van der Waals surface area contributed by atoms with Gasteiger partial charge in [-0.25, -0.2) is 0 Å². The molecule has 0 radical (unpaired) electrons. The zero-order valence-electron chi connectivity index (χ0n) is 13.2. The van der Waals surface area contributed by atoms with Gasteiger partial charge in [0, 0.05) is 17.3 Å². The second-order valence-electron chi connectivity index (χ2n) is 4.97. The van der Waals surface area contributed by atoms with E-state index >= 15 is 0 Å². The minimum atomic E-state index is -0.268. The maximum atomic E-state index is 11.9. The first-order valence-corrected chi connectivity index (χ1v) is 7.28. The first kappa shape index (κ1) is 17.0. The molecule has 0 aliphatic heterocycles. The molecule has 2 aromatic rings. The molecule has 0 unspecified atom stereocenters. The van der Waals surface area contributed by atoms with Crippen LogP contribution < -0.4 is 10.1 Å². The Morgan fingerprint density at radius 1 is 1.12 bits per heavy atom. The lowest BCUT2D eigenvalue weighted by Gasteiger charge is -2.03. The molecule has 0 heterocycles. The first-order valence-electron chi connectivity index (χ1n) is 7.28. The average Bonchev–Trinajstić information content (AvgIpc) is 2.59. The van der Waals surface area contributed by atoms with E-state index in [0.717, 1.165) is 5.56 Å². The van der Waals surface area contributed by atoms with Crippen LogP contribution in [0, 0.1) is 11.3 Å². The highest BCUT2D eigenvalue weighted by atomic mass is 16.5. The molecule has 5 nitrogen and oxygen atoms in total. The summed E-state index contributed by atoms with van der Waals surface area (Å²) in [7, 11) is 0. The normalized spacial score (nSPS) is 10.2. The van der Waals surface area contributed by atoms with E-state index in [1.54, 1.807) is 54.6 Å². The molecule has 0 fully saturated rings. The highest BCUT2D eigenvalue weighted by Gasteiger charge is 2.01. The van der Waals surface area contributed by atoms with Gasteiger partial charge in [-0.3, -0.25) is 9.59 Å². The van der Waals surface area contributed by atoms with Crippen LogP contribution in [0.3, 0.4) is 0 Å². The Morgan fingerprint density at radius 3 is 2.38 bits per heavy atom. The van der Waals surface area contributed by atoms with Crippen LogP contribution in [-0.4, -0.2) is 18.3 Å². The van der Waals surface area contributed by atoms with Gasteiger partial charge in [0.25, 0.3) is 0 Å². The summed E-state index contributed by atoms with van der Waals surface area (Å²) >= 11 is 0. The average molecular weight is 320 g/mol. The molecule has 2 rings (SSSR count). The number of rotatable bonds is 6. The Balaban J connectivity index is 1.92. The van der Waals surface area contributed by atoms with E-state index in [9.17, 15) is 9.59 Å². The molecule has 1 amide bonds. The van der Waals surface area contributed by atoms with Gasteiger partial charge < -0.3 is 10.1 Å². The Labute approximate surface area is 140 Å². The number of benzene rings is 2. The molecule has 2 aromatic carbocycles. The quantitative estimate of drug-likeness (QED) is 0.653. The highest BCUT2D eigenvalue weighted by molar-refractivity contribution is 6.02. The number of nitrogens with zero attached hydrogens (tertiary/aromatic N) is 1. The summed E-state index contributed by atoms with van der Waals surface area (Å²) in [6, 6.07) is 15.6. The minimum absolute atomic E-state index is 0.0000101. The van der Waals surface area contributed by atoms with Gasteiger partial charge in [-0.1, -0.05) is 12.1 Å². The second kappa shape index (κ2) is 8.30. The van der Waals surface area contributed by atoms with E-state index in [2.05, 4.69) is 5.32 Å². The lowest BCUT2D eigenvalue weighted by molar-refractivity contribution is -0.111. The van der Waals surface area contributed by atoms with Crippen LogP contribution in [-0.2, 0) is 4.79 Å². The van der Waals surface area contributed by atoms with Crippen LogP contribution in [0.4, 0.5) is 5.69 Å². The molecule has 0 aliphatic rings. The van der Waals surface area contributed by atoms with Crippen molar-refractivity contribution in [2.75, 3.05) is 11.9 Å². The third-order valence-electron chi connectivity index (χ3n) is 3.17. The Bertz CT molecular complexity index is 785. The van der Waals surface area contributed by atoms with Crippen molar-refractivity contribution in [3.63, 3.8) is 0 Å². The van der Waals surface area contributed by atoms with Crippen LogP contribution in [0.15, 0.2) is 54.6 Å².